The average Bonchev–Trinajstić information content (AvgIpc) is 2.29. The molecule has 0 aliphatic carbocycles. The highest BCUT2D eigenvalue weighted by atomic mass is 32.5. The van der Waals surface area contributed by atoms with Crippen molar-refractivity contribution in [2.45, 2.75) is 40.5 Å². The Hall–Kier alpha value is 0.627. The molecule has 0 radical (unpaired) electrons. The van der Waals surface area contributed by atoms with Crippen LogP contribution >= 0.6 is 6.72 Å². The molecule has 1 unspecified atom stereocenters. The van der Waals surface area contributed by atoms with Gasteiger partial charge in [0.05, 0.1) is 6.61 Å². The molecule has 0 aromatic carbocycles. The van der Waals surface area contributed by atoms with Gasteiger partial charge in [0.1, 0.15) is 0 Å². The van der Waals surface area contributed by atoms with Crippen molar-refractivity contribution in [3.05, 3.63) is 0 Å². The lowest BCUT2D eigenvalue weighted by atomic mass is 10.4. The molecule has 19 heavy (non-hydrogen) atoms. The van der Waals surface area contributed by atoms with E-state index in [0.29, 0.717) is 26.4 Å². The van der Waals surface area contributed by atoms with E-state index in [9.17, 15) is 4.89 Å². The van der Waals surface area contributed by atoms with Crippen molar-refractivity contribution in [2.24, 2.45) is 0 Å². The lowest BCUT2D eigenvalue weighted by Crippen LogP contribution is -2.48. The van der Waals surface area contributed by atoms with Gasteiger partial charge in [-0.2, -0.15) is 0 Å². The van der Waals surface area contributed by atoms with E-state index in [2.05, 4.69) is 0 Å². The van der Waals surface area contributed by atoms with Gasteiger partial charge in [-0.25, -0.2) is 0 Å². The molecule has 6 nitrogen and oxygen atoms in total. The molecular formula is C10H25O6PSSi. The second-order valence-corrected chi connectivity index (χ2v) is 8.72. The van der Waals surface area contributed by atoms with Gasteiger partial charge in [0.2, 0.25) is 0 Å². The molecule has 0 bridgehead atoms. The Morgan fingerprint density at radius 1 is 1.00 bits per heavy atom. The Bertz CT molecular complexity index is 264. The van der Waals surface area contributed by atoms with Crippen LogP contribution in [0.15, 0.2) is 0 Å². The van der Waals surface area contributed by atoms with Gasteiger partial charge >= 0.3 is 15.8 Å². The van der Waals surface area contributed by atoms with Gasteiger partial charge < -0.3 is 22.7 Å². The van der Waals surface area contributed by atoms with Gasteiger partial charge in [-0.15, -0.1) is 0 Å². The Labute approximate surface area is 122 Å². The maximum Gasteiger partial charge on any atom is 0.686 e. The van der Waals surface area contributed by atoms with Crippen molar-refractivity contribution < 1.29 is 26.9 Å². The van der Waals surface area contributed by atoms with E-state index in [0.717, 1.165) is 12.8 Å². The molecule has 0 heterocycles. The molecule has 9 heteroatoms. The van der Waals surface area contributed by atoms with Crippen LogP contribution < -0.4 is 0 Å². The molecule has 1 atom stereocenters. The minimum Gasteiger partial charge on any atom is -0.351 e. The number of rotatable bonds is 12. The van der Waals surface area contributed by atoms with Gasteiger partial charge in [-0.3, -0.25) is 4.21 Å². The third kappa shape index (κ3) is 8.49. The molecule has 0 aliphatic rings. The van der Waals surface area contributed by atoms with Crippen molar-refractivity contribution in [1.82, 2.24) is 0 Å². The molecule has 0 spiro atoms. The van der Waals surface area contributed by atoms with Crippen LogP contribution in [-0.2, 0) is 33.8 Å². The Kier molecular flexibility index (Phi) is 10.7. The third-order valence-electron chi connectivity index (χ3n) is 1.94. The number of hydrogen-bond acceptors (Lipinski definition) is 6. The fourth-order valence-electron chi connectivity index (χ4n) is 1.23. The lowest BCUT2D eigenvalue weighted by Gasteiger charge is -2.29. The fourth-order valence-corrected chi connectivity index (χ4v) is 5.92. The molecule has 0 saturated heterocycles. The SMILES string of the molecule is CCCCOP(O)(=S)O[Si](OCC)(OCC)OCC. The maximum atomic E-state index is 10.0. The molecule has 0 fully saturated rings. The first-order chi connectivity index (χ1) is 8.95. The van der Waals surface area contributed by atoms with Gasteiger partial charge in [-0.05, 0) is 39.0 Å². The highest BCUT2D eigenvalue weighted by molar-refractivity contribution is 8.07. The zero-order valence-electron chi connectivity index (χ0n) is 12.1. The largest absolute Gasteiger partial charge is 0.686 e. The van der Waals surface area contributed by atoms with Crippen molar-refractivity contribution >= 4 is 27.6 Å². The van der Waals surface area contributed by atoms with E-state index in [1.54, 1.807) is 20.8 Å². The van der Waals surface area contributed by atoms with Crippen molar-refractivity contribution in [1.29, 1.82) is 0 Å². The predicted molar refractivity (Wildman–Crippen MR) is 79.1 cm³/mol. The molecule has 0 aliphatic heterocycles. The molecule has 1 N–H and O–H groups in total. The lowest BCUT2D eigenvalue weighted by molar-refractivity contribution is 0.00384. The van der Waals surface area contributed by atoms with Crippen LogP contribution in [0, 0.1) is 0 Å². The minimum atomic E-state index is -3.42. The maximum absolute atomic E-state index is 10.0. The monoisotopic (exact) mass is 332 g/mol. The van der Waals surface area contributed by atoms with E-state index in [4.69, 9.17) is 33.8 Å². The van der Waals surface area contributed by atoms with Crippen molar-refractivity contribution in [3.8, 4) is 0 Å². The zero-order valence-corrected chi connectivity index (χ0v) is 14.8. The summed E-state index contributed by atoms with van der Waals surface area (Å²) in [5.41, 5.74) is 0. The van der Waals surface area contributed by atoms with E-state index < -0.39 is 15.8 Å². The molecule has 0 saturated carbocycles. The first-order valence-electron chi connectivity index (χ1n) is 6.55. The van der Waals surface area contributed by atoms with Crippen molar-refractivity contribution in [2.75, 3.05) is 26.4 Å². The van der Waals surface area contributed by atoms with Gasteiger partial charge in [0.15, 0.2) is 0 Å². The van der Waals surface area contributed by atoms with E-state index >= 15 is 0 Å². The van der Waals surface area contributed by atoms with E-state index in [1.807, 2.05) is 6.92 Å². The second-order valence-electron chi connectivity index (χ2n) is 3.55. The summed E-state index contributed by atoms with van der Waals surface area (Å²) in [6.07, 6.45) is 1.75. The normalized spacial score (nSPS) is 15.4. The fraction of sp³-hybridized carbons (Fsp3) is 1.00. The summed E-state index contributed by atoms with van der Waals surface area (Å²) >= 11 is 4.96. The van der Waals surface area contributed by atoms with Crippen molar-refractivity contribution in [3.63, 3.8) is 0 Å². The topological polar surface area (TPSA) is 66.4 Å². The van der Waals surface area contributed by atoms with Crippen LogP contribution in [0.1, 0.15) is 40.5 Å². The molecule has 0 amide bonds. The van der Waals surface area contributed by atoms with Crippen LogP contribution in [0.4, 0.5) is 0 Å². The van der Waals surface area contributed by atoms with Gasteiger partial charge in [-0.1, -0.05) is 13.3 Å². The first-order valence-corrected chi connectivity index (χ1v) is 10.8. The van der Waals surface area contributed by atoms with Crippen LogP contribution in [0.3, 0.4) is 0 Å². The van der Waals surface area contributed by atoms with E-state index in [1.165, 1.54) is 0 Å². The van der Waals surface area contributed by atoms with Crippen LogP contribution in [0.5, 0.6) is 0 Å². The Morgan fingerprint density at radius 3 is 1.84 bits per heavy atom. The third-order valence-corrected chi connectivity index (χ3v) is 7.18. The average molecular weight is 332 g/mol. The van der Waals surface area contributed by atoms with Crippen LogP contribution in [-0.4, -0.2) is 40.4 Å². The second kappa shape index (κ2) is 10.4. The molecule has 0 aromatic rings. The van der Waals surface area contributed by atoms with Gasteiger partial charge in [0, 0.05) is 19.8 Å². The highest BCUT2D eigenvalue weighted by Crippen LogP contribution is 2.47. The summed E-state index contributed by atoms with van der Waals surface area (Å²) in [5.74, 6) is 0. The first kappa shape index (κ1) is 19.6. The van der Waals surface area contributed by atoms with Gasteiger partial charge in [0.25, 0.3) is 0 Å². The number of unbranched alkanes of at least 4 members (excludes halogenated alkanes) is 1. The Morgan fingerprint density at radius 2 is 1.47 bits per heavy atom. The summed E-state index contributed by atoms with van der Waals surface area (Å²) in [5, 5.41) is 0. The zero-order chi connectivity index (χ0) is 14.8. The standard InChI is InChI=1S/C10H25O6PSSi/c1-5-9-10-12-17(11,18)16-19(13-6-2,14-7-3)15-8-4/h5-10H2,1-4H3,(H,11,18). The number of hydrogen-bond donors (Lipinski definition) is 1. The minimum absolute atomic E-state index is 0.344. The Balaban J connectivity index is 4.70. The quantitative estimate of drug-likeness (QED) is 0.335. The van der Waals surface area contributed by atoms with E-state index in [-0.39, 0.29) is 0 Å². The summed E-state index contributed by atoms with van der Waals surface area (Å²) in [6, 6.07) is 0. The van der Waals surface area contributed by atoms with Crippen LogP contribution in [0.25, 0.3) is 0 Å². The summed E-state index contributed by atoms with van der Waals surface area (Å²) in [7, 11) is -3.42. The summed E-state index contributed by atoms with van der Waals surface area (Å²) in [6.45, 7) is 5.36. The molecule has 0 rings (SSSR count). The predicted octanol–water partition coefficient (Wildman–Crippen LogP) is 2.58. The molecule has 116 valence electrons. The van der Waals surface area contributed by atoms with Crippen LogP contribution in [0.2, 0.25) is 0 Å². The smallest absolute Gasteiger partial charge is 0.351 e. The summed E-state index contributed by atoms with van der Waals surface area (Å²) in [4.78, 5) is 10.0. The summed E-state index contributed by atoms with van der Waals surface area (Å²) < 4.78 is 27.0. The molecular weight excluding hydrogens is 307 g/mol. The molecule has 0 aromatic heterocycles. The highest BCUT2D eigenvalue weighted by Gasteiger charge is 2.49.